The lowest BCUT2D eigenvalue weighted by Gasteiger charge is -2.32. The summed E-state index contributed by atoms with van der Waals surface area (Å²) in [6, 6.07) is 0.0341. The minimum absolute atomic E-state index is 0.0341. The van der Waals surface area contributed by atoms with Crippen LogP contribution in [0.5, 0.6) is 0 Å². The molecule has 1 atom stereocenters. The number of aryl methyl sites for hydroxylation is 1. The first-order valence-electron chi connectivity index (χ1n) is 6.76. The van der Waals surface area contributed by atoms with E-state index < -0.39 is 0 Å². The van der Waals surface area contributed by atoms with Gasteiger partial charge >= 0.3 is 0 Å². The molecule has 0 bridgehead atoms. The molecule has 0 saturated carbocycles. The van der Waals surface area contributed by atoms with E-state index in [1.807, 2.05) is 0 Å². The summed E-state index contributed by atoms with van der Waals surface area (Å²) in [5.74, 6) is 1.64. The Hall–Kier alpha value is -1.23. The highest BCUT2D eigenvalue weighted by Crippen LogP contribution is 2.19. The van der Waals surface area contributed by atoms with E-state index in [9.17, 15) is 4.79 Å². The van der Waals surface area contributed by atoms with Gasteiger partial charge in [0.25, 0.3) is 0 Å². The largest absolute Gasteiger partial charge is 0.339 e. The lowest BCUT2D eigenvalue weighted by atomic mass is 9.99. The van der Waals surface area contributed by atoms with Gasteiger partial charge in [0, 0.05) is 6.42 Å². The molecule has 1 unspecified atom stereocenters. The monoisotopic (exact) mass is 251 g/mol. The Kier molecular flexibility index (Phi) is 4.47. The minimum atomic E-state index is 0.0341. The molecular formula is C13H21N3O2. The summed E-state index contributed by atoms with van der Waals surface area (Å²) < 4.78 is 5.17. The van der Waals surface area contributed by atoms with Gasteiger partial charge in [-0.15, -0.1) is 0 Å². The zero-order valence-corrected chi connectivity index (χ0v) is 11.2. The molecule has 1 aliphatic heterocycles. The molecule has 0 amide bonds. The second-order valence-corrected chi connectivity index (χ2v) is 4.95. The first kappa shape index (κ1) is 13.2. The molecule has 18 heavy (non-hydrogen) atoms. The van der Waals surface area contributed by atoms with Gasteiger partial charge in [0.1, 0.15) is 5.78 Å². The van der Waals surface area contributed by atoms with Gasteiger partial charge in [-0.3, -0.25) is 9.69 Å². The average Bonchev–Trinajstić information content (AvgIpc) is 2.77. The van der Waals surface area contributed by atoms with E-state index in [4.69, 9.17) is 4.52 Å². The number of hydrogen-bond acceptors (Lipinski definition) is 5. The van der Waals surface area contributed by atoms with E-state index in [1.54, 1.807) is 6.92 Å². The van der Waals surface area contributed by atoms with E-state index in [2.05, 4.69) is 22.0 Å². The summed E-state index contributed by atoms with van der Waals surface area (Å²) in [6.45, 7) is 5.32. The third kappa shape index (κ3) is 3.16. The van der Waals surface area contributed by atoms with Crippen LogP contribution in [-0.2, 0) is 17.8 Å². The smallest absolute Gasteiger partial charge is 0.226 e. The summed E-state index contributed by atoms with van der Waals surface area (Å²) in [4.78, 5) is 18.1. The van der Waals surface area contributed by atoms with Crippen molar-refractivity contribution in [3.63, 3.8) is 0 Å². The fourth-order valence-corrected chi connectivity index (χ4v) is 2.49. The molecule has 5 heteroatoms. The first-order chi connectivity index (χ1) is 8.70. The molecule has 2 heterocycles. The first-order valence-corrected chi connectivity index (χ1v) is 6.76. The highest BCUT2D eigenvalue weighted by molar-refractivity contribution is 5.81. The average molecular weight is 251 g/mol. The fourth-order valence-electron chi connectivity index (χ4n) is 2.49. The van der Waals surface area contributed by atoms with Crippen LogP contribution in [0.4, 0.5) is 0 Å². The standard InChI is InChI=1S/C13H21N3O2/c1-3-6-13-14-12(15-18-13)9-16-8-5-4-7-11(16)10(2)17/h11H,3-9H2,1-2H3. The van der Waals surface area contributed by atoms with Gasteiger partial charge in [-0.05, 0) is 32.7 Å². The van der Waals surface area contributed by atoms with Crippen LogP contribution in [0.15, 0.2) is 4.52 Å². The number of aromatic nitrogens is 2. The van der Waals surface area contributed by atoms with E-state index in [1.165, 1.54) is 0 Å². The van der Waals surface area contributed by atoms with E-state index in [0.29, 0.717) is 18.3 Å². The molecule has 1 aromatic heterocycles. The number of rotatable bonds is 5. The van der Waals surface area contributed by atoms with Crippen molar-refractivity contribution in [2.45, 2.75) is 58.5 Å². The molecule has 0 aliphatic carbocycles. The Balaban J connectivity index is 1.99. The third-order valence-corrected chi connectivity index (χ3v) is 3.40. The highest BCUT2D eigenvalue weighted by Gasteiger charge is 2.27. The van der Waals surface area contributed by atoms with Crippen LogP contribution < -0.4 is 0 Å². The molecule has 1 fully saturated rings. The Morgan fingerprint density at radius 1 is 1.50 bits per heavy atom. The van der Waals surface area contributed by atoms with Gasteiger partial charge in [0.2, 0.25) is 5.89 Å². The predicted octanol–water partition coefficient (Wildman–Crippen LogP) is 1.97. The lowest BCUT2D eigenvalue weighted by Crippen LogP contribution is -2.43. The Morgan fingerprint density at radius 2 is 2.33 bits per heavy atom. The topological polar surface area (TPSA) is 59.2 Å². The van der Waals surface area contributed by atoms with Crippen molar-refractivity contribution in [3.8, 4) is 0 Å². The van der Waals surface area contributed by atoms with Crippen molar-refractivity contribution in [2.75, 3.05) is 6.54 Å². The Bertz CT molecular complexity index is 403. The minimum Gasteiger partial charge on any atom is -0.339 e. The molecule has 100 valence electrons. The second kappa shape index (κ2) is 6.09. The van der Waals surface area contributed by atoms with Gasteiger partial charge in [0.15, 0.2) is 5.82 Å². The molecule has 0 spiro atoms. The second-order valence-electron chi connectivity index (χ2n) is 4.95. The number of likely N-dealkylation sites (tertiary alicyclic amines) is 1. The summed E-state index contributed by atoms with van der Waals surface area (Å²) in [6.07, 6.45) is 5.05. The molecular weight excluding hydrogens is 230 g/mol. The van der Waals surface area contributed by atoms with Crippen molar-refractivity contribution in [1.29, 1.82) is 0 Å². The number of nitrogens with zero attached hydrogens (tertiary/aromatic N) is 3. The molecule has 1 aliphatic rings. The van der Waals surface area contributed by atoms with Crippen molar-refractivity contribution in [1.82, 2.24) is 15.0 Å². The van der Waals surface area contributed by atoms with Gasteiger partial charge in [0.05, 0.1) is 12.6 Å². The van der Waals surface area contributed by atoms with Crippen LogP contribution in [0, 0.1) is 0 Å². The van der Waals surface area contributed by atoms with Crippen LogP contribution >= 0.6 is 0 Å². The Labute approximate surface area is 108 Å². The molecule has 1 saturated heterocycles. The molecule has 0 radical (unpaired) electrons. The van der Waals surface area contributed by atoms with Gasteiger partial charge in [-0.25, -0.2) is 0 Å². The van der Waals surface area contributed by atoms with Gasteiger partial charge < -0.3 is 4.52 Å². The zero-order chi connectivity index (χ0) is 13.0. The molecule has 1 aromatic rings. The summed E-state index contributed by atoms with van der Waals surface area (Å²) >= 11 is 0. The summed E-state index contributed by atoms with van der Waals surface area (Å²) in [5, 5.41) is 3.98. The van der Waals surface area contributed by atoms with E-state index in [-0.39, 0.29) is 11.8 Å². The van der Waals surface area contributed by atoms with Crippen molar-refractivity contribution in [3.05, 3.63) is 11.7 Å². The van der Waals surface area contributed by atoms with Crippen LogP contribution in [0.3, 0.4) is 0 Å². The van der Waals surface area contributed by atoms with Crippen LogP contribution in [0.1, 0.15) is 51.2 Å². The van der Waals surface area contributed by atoms with Crippen molar-refractivity contribution in [2.24, 2.45) is 0 Å². The maximum Gasteiger partial charge on any atom is 0.226 e. The quantitative estimate of drug-likeness (QED) is 0.800. The number of hydrogen-bond donors (Lipinski definition) is 0. The van der Waals surface area contributed by atoms with E-state index >= 15 is 0 Å². The summed E-state index contributed by atoms with van der Waals surface area (Å²) in [5.41, 5.74) is 0. The molecule has 0 aromatic carbocycles. The number of Topliss-reactive ketones (excluding diaryl/α,β-unsaturated/α-hetero) is 1. The maximum absolute atomic E-state index is 11.6. The lowest BCUT2D eigenvalue weighted by molar-refractivity contribution is -0.123. The fraction of sp³-hybridized carbons (Fsp3) is 0.769. The summed E-state index contributed by atoms with van der Waals surface area (Å²) in [7, 11) is 0. The molecule has 0 N–H and O–H groups in total. The van der Waals surface area contributed by atoms with E-state index in [0.717, 1.165) is 38.6 Å². The number of piperidine rings is 1. The van der Waals surface area contributed by atoms with Crippen LogP contribution in [0.2, 0.25) is 0 Å². The number of ketones is 1. The Morgan fingerprint density at radius 3 is 3.06 bits per heavy atom. The number of carbonyl (C=O) groups excluding carboxylic acids is 1. The third-order valence-electron chi connectivity index (χ3n) is 3.40. The van der Waals surface area contributed by atoms with Crippen molar-refractivity contribution < 1.29 is 9.32 Å². The number of carbonyl (C=O) groups is 1. The normalized spacial score (nSPS) is 21.1. The molecule has 5 nitrogen and oxygen atoms in total. The van der Waals surface area contributed by atoms with Crippen LogP contribution in [-0.4, -0.2) is 33.4 Å². The van der Waals surface area contributed by atoms with Gasteiger partial charge in [-0.2, -0.15) is 4.98 Å². The van der Waals surface area contributed by atoms with Gasteiger partial charge in [-0.1, -0.05) is 18.5 Å². The molecule has 2 rings (SSSR count). The SMILES string of the molecule is CCCc1nc(CN2CCCCC2C(C)=O)no1. The predicted molar refractivity (Wildman–Crippen MR) is 67.0 cm³/mol. The highest BCUT2D eigenvalue weighted by atomic mass is 16.5. The maximum atomic E-state index is 11.6. The van der Waals surface area contributed by atoms with Crippen molar-refractivity contribution >= 4 is 5.78 Å². The zero-order valence-electron chi connectivity index (χ0n) is 11.2. The van der Waals surface area contributed by atoms with Crippen LogP contribution in [0.25, 0.3) is 0 Å².